The maximum absolute atomic E-state index is 11.4. The largest absolute Gasteiger partial charge is 0.333 e. The Hall–Kier alpha value is -3.18. The zero-order valence-corrected chi connectivity index (χ0v) is 11.2. The van der Waals surface area contributed by atoms with Crippen molar-refractivity contribution in [2.45, 2.75) is 25.9 Å². The third-order valence-electron chi connectivity index (χ3n) is 2.88. The van der Waals surface area contributed by atoms with Gasteiger partial charge in [0.05, 0.1) is 0 Å². The highest BCUT2D eigenvalue weighted by Crippen LogP contribution is 1.91. The summed E-state index contributed by atoms with van der Waals surface area (Å²) in [5, 5.41) is 0. The number of rotatable bonds is 5. The fourth-order valence-corrected chi connectivity index (χ4v) is 1.85. The molecule has 0 aliphatic heterocycles. The SMILES string of the molecule is O=c1[nH]c(=O)n(CCCCn2c(=O)[nH]c(=O)[nH]c2=O)c(=O)[nH]1. The molecule has 0 aromatic carbocycles. The summed E-state index contributed by atoms with van der Waals surface area (Å²) < 4.78 is 1.59. The molecule has 0 saturated heterocycles. The lowest BCUT2D eigenvalue weighted by Crippen LogP contribution is -2.44. The van der Waals surface area contributed by atoms with Crippen LogP contribution in [-0.2, 0) is 13.1 Å². The molecule has 0 unspecified atom stereocenters. The monoisotopic (exact) mass is 312 g/mol. The fraction of sp³-hybridized carbons (Fsp3) is 0.400. The van der Waals surface area contributed by atoms with Crippen molar-refractivity contribution >= 4 is 0 Å². The molecule has 12 heteroatoms. The Bertz CT molecular complexity index is 862. The van der Waals surface area contributed by atoms with Crippen molar-refractivity contribution in [2.75, 3.05) is 0 Å². The molecule has 2 rings (SSSR count). The predicted octanol–water partition coefficient (Wildman–Crippen LogP) is -3.76. The average molecular weight is 312 g/mol. The van der Waals surface area contributed by atoms with Crippen LogP contribution in [0.4, 0.5) is 0 Å². The second kappa shape index (κ2) is 6.07. The summed E-state index contributed by atoms with van der Waals surface area (Å²) in [6.07, 6.45) is 0.583. The molecule has 0 bridgehead atoms. The number of aromatic amines is 4. The number of aromatic nitrogens is 6. The van der Waals surface area contributed by atoms with Crippen LogP contribution in [0.1, 0.15) is 12.8 Å². The zero-order chi connectivity index (χ0) is 16.3. The van der Waals surface area contributed by atoms with Gasteiger partial charge in [-0.25, -0.2) is 37.9 Å². The van der Waals surface area contributed by atoms with E-state index in [2.05, 4.69) is 0 Å². The van der Waals surface area contributed by atoms with Crippen molar-refractivity contribution in [3.63, 3.8) is 0 Å². The van der Waals surface area contributed by atoms with Gasteiger partial charge in [-0.05, 0) is 12.8 Å². The summed E-state index contributed by atoms with van der Waals surface area (Å²) in [6, 6.07) is 0. The Labute approximate surface area is 119 Å². The first-order valence-electron chi connectivity index (χ1n) is 6.25. The van der Waals surface area contributed by atoms with E-state index in [0.717, 1.165) is 9.13 Å². The molecule has 12 nitrogen and oxygen atoms in total. The van der Waals surface area contributed by atoms with E-state index in [9.17, 15) is 28.8 Å². The number of hydrogen-bond acceptors (Lipinski definition) is 6. The summed E-state index contributed by atoms with van der Waals surface area (Å²) in [5.41, 5.74) is -5.14. The van der Waals surface area contributed by atoms with Gasteiger partial charge in [-0.1, -0.05) is 0 Å². The molecule has 22 heavy (non-hydrogen) atoms. The molecule has 0 spiro atoms. The summed E-state index contributed by atoms with van der Waals surface area (Å²) >= 11 is 0. The molecule has 2 aromatic heterocycles. The Morgan fingerprint density at radius 3 is 1.09 bits per heavy atom. The Kier molecular flexibility index (Phi) is 4.20. The highest BCUT2D eigenvalue weighted by molar-refractivity contribution is 4.71. The molecule has 2 aromatic rings. The molecule has 0 saturated carbocycles. The normalized spacial score (nSPS) is 10.7. The highest BCUT2D eigenvalue weighted by Gasteiger charge is 2.05. The first-order chi connectivity index (χ1) is 10.4. The summed E-state index contributed by atoms with van der Waals surface area (Å²) in [5.74, 6) is 0. The smallest absolute Gasteiger partial charge is 0.259 e. The average Bonchev–Trinajstić information content (AvgIpc) is 2.38. The van der Waals surface area contributed by atoms with Crippen LogP contribution in [0.15, 0.2) is 28.8 Å². The second-order valence-electron chi connectivity index (χ2n) is 4.39. The van der Waals surface area contributed by atoms with Crippen LogP contribution in [0.2, 0.25) is 0 Å². The minimum absolute atomic E-state index is 0.000948. The lowest BCUT2D eigenvalue weighted by molar-refractivity contribution is 0.495. The van der Waals surface area contributed by atoms with Crippen LogP contribution in [0.25, 0.3) is 0 Å². The zero-order valence-electron chi connectivity index (χ0n) is 11.2. The van der Waals surface area contributed by atoms with Crippen molar-refractivity contribution < 1.29 is 0 Å². The minimum atomic E-state index is -0.891. The van der Waals surface area contributed by atoms with Gasteiger partial charge < -0.3 is 0 Å². The van der Waals surface area contributed by atoms with Crippen LogP contribution < -0.4 is 34.1 Å². The molecule has 0 radical (unpaired) electrons. The maximum atomic E-state index is 11.4. The van der Waals surface area contributed by atoms with Crippen LogP contribution in [-0.4, -0.2) is 29.1 Å². The van der Waals surface area contributed by atoms with E-state index < -0.39 is 34.1 Å². The Morgan fingerprint density at radius 1 is 0.545 bits per heavy atom. The van der Waals surface area contributed by atoms with Crippen LogP contribution >= 0.6 is 0 Å². The molecule has 2 heterocycles. The lowest BCUT2D eigenvalue weighted by Gasteiger charge is -2.04. The van der Waals surface area contributed by atoms with Gasteiger partial charge in [-0.3, -0.25) is 19.9 Å². The topological polar surface area (TPSA) is 175 Å². The molecule has 0 amide bonds. The van der Waals surface area contributed by atoms with Crippen molar-refractivity contribution in [1.82, 2.24) is 29.1 Å². The van der Waals surface area contributed by atoms with E-state index >= 15 is 0 Å². The van der Waals surface area contributed by atoms with Crippen molar-refractivity contribution in [1.29, 1.82) is 0 Å². The van der Waals surface area contributed by atoms with E-state index in [0.29, 0.717) is 12.8 Å². The molecule has 118 valence electrons. The fourth-order valence-electron chi connectivity index (χ4n) is 1.85. The number of nitrogens with one attached hydrogen (secondary N) is 4. The van der Waals surface area contributed by atoms with E-state index in [4.69, 9.17) is 0 Å². The highest BCUT2D eigenvalue weighted by atomic mass is 16.2. The molecule has 0 fully saturated rings. The van der Waals surface area contributed by atoms with Gasteiger partial charge in [-0.15, -0.1) is 0 Å². The Morgan fingerprint density at radius 2 is 0.818 bits per heavy atom. The molecule has 0 aliphatic rings. The number of nitrogens with zero attached hydrogens (tertiary/aromatic N) is 2. The third kappa shape index (κ3) is 3.28. The molecular weight excluding hydrogens is 300 g/mol. The van der Waals surface area contributed by atoms with Gasteiger partial charge in [0, 0.05) is 13.1 Å². The summed E-state index contributed by atoms with van der Waals surface area (Å²) in [4.78, 5) is 75.0. The second-order valence-corrected chi connectivity index (χ2v) is 4.39. The molecule has 0 atom stereocenters. The van der Waals surface area contributed by atoms with E-state index in [1.165, 1.54) is 0 Å². The van der Waals surface area contributed by atoms with Crippen molar-refractivity contribution in [2.24, 2.45) is 0 Å². The van der Waals surface area contributed by atoms with Crippen molar-refractivity contribution in [3.8, 4) is 0 Å². The lowest BCUT2D eigenvalue weighted by atomic mass is 10.3. The van der Waals surface area contributed by atoms with Gasteiger partial charge in [0.25, 0.3) is 0 Å². The standard InChI is InChI=1S/C10H12N6O6/c17-5-11-7(19)15(8(20)12-5)3-1-2-4-16-9(21)13-6(18)14-10(16)22/h1-4H2,(H2,11,12,17,19,20)(H2,13,14,18,21,22). The van der Waals surface area contributed by atoms with E-state index in [1.54, 1.807) is 0 Å². The molecule has 4 N–H and O–H groups in total. The number of H-pyrrole nitrogens is 4. The number of unbranched alkanes of at least 4 members (excludes halogenated alkanes) is 1. The van der Waals surface area contributed by atoms with Gasteiger partial charge in [-0.2, -0.15) is 0 Å². The maximum Gasteiger partial charge on any atom is 0.333 e. The van der Waals surface area contributed by atoms with Crippen LogP contribution in [0.5, 0.6) is 0 Å². The summed E-state index contributed by atoms with van der Waals surface area (Å²) in [7, 11) is 0. The van der Waals surface area contributed by atoms with Gasteiger partial charge >= 0.3 is 34.1 Å². The Balaban J connectivity index is 2.05. The first kappa shape index (κ1) is 15.2. The predicted molar refractivity (Wildman–Crippen MR) is 73.1 cm³/mol. The van der Waals surface area contributed by atoms with Gasteiger partial charge in [0.15, 0.2) is 0 Å². The van der Waals surface area contributed by atoms with E-state index in [-0.39, 0.29) is 13.1 Å². The number of hydrogen-bond donors (Lipinski definition) is 4. The molecular formula is C10H12N6O6. The van der Waals surface area contributed by atoms with Gasteiger partial charge in [0.1, 0.15) is 0 Å². The van der Waals surface area contributed by atoms with Gasteiger partial charge in [0.2, 0.25) is 0 Å². The summed E-state index contributed by atoms with van der Waals surface area (Å²) in [6.45, 7) is 0.00190. The first-order valence-corrected chi connectivity index (χ1v) is 6.25. The third-order valence-corrected chi connectivity index (χ3v) is 2.88. The van der Waals surface area contributed by atoms with Crippen LogP contribution in [0.3, 0.4) is 0 Å². The van der Waals surface area contributed by atoms with Crippen molar-refractivity contribution in [3.05, 3.63) is 62.9 Å². The van der Waals surface area contributed by atoms with Crippen LogP contribution in [0, 0.1) is 0 Å². The quantitative estimate of drug-likeness (QED) is 0.412. The van der Waals surface area contributed by atoms with E-state index in [1.807, 2.05) is 19.9 Å². The molecule has 0 aliphatic carbocycles. The minimum Gasteiger partial charge on any atom is -0.259 e.